The number of rotatable bonds is 10. The van der Waals surface area contributed by atoms with Gasteiger partial charge < -0.3 is 14.2 Å². The fraction of sp³-hybridized carbons (Fsp3) is 0.0667. The lowest BCUT2D eigenvalue weighted by atomic mass is 10.2. The highest BCUT2D eigenvalue weighted by Gasteiger charge is 2.17. The number of hydrazone groups is 1. The number of nitro benzene ring substituents is 1. The smallest absolute Gasteiger partial charge is 0.343 e. The van der Waals surface area contributed by atoms with E-state index in [1.807, 2.05) is 0 Å². The van der Waals surface area contributed by atoms with Gasteiger partial charge in [0.1, 0.15) is 17.2 Å². The number of nitrogens with zero attached hydrogens (tertiary/aromatic N) is 2. The van der Waals surface area contributed by atoms with Crippen LogP contribution in [0.1, 0.15) is 33.2 Å². The van der Waals surface area contributed by atoms with E-state index in [2.05, 4.69) is 10.5 Å². The Kier molecular flexibility index (Phi) is 9.13. The summed E-state index contributed by atoms with van der Waals surface area (Å²) in [6.07, 6.45) is 0.274. The van der Waals surface area contributed by atoms with Crippen LogP contribution in [0.2, 0.25) is 0 Å². The predicted molar refractivity (Wildman–Crippen MR) is 148 cm³/mol. The van der Waals surface area contributed by atoms with Gasteiger partial charge in [0.2, 0.25) is 0 Å². The Morgan fingerprint density at radius 3 is 1.95 bits per heavy atom. The van der Waals surface area contributed by atoms with Gasteiger partial charge in [-0.3, -0.25) is 14.9 Å². The van der Waals surface area contributed by atoms with E-state index in [-0.39, 0.29) is 22.9 Å². The van der Waals surface area contributed by atoms with Gasteiger partial charge in [0, 0.05) is 23.8 Å². The third-order valence-corrected chi connectivity index (χ3v) is 5.53. The van der Waals surface area contributed by atoms with E-state index < -0.39 is 28.9 Å². The van der Waals surface area contributed by atoms with Gasteiger partial charge in [-0.05, 0) is 55.5 Å². The minimum Gasteiger partial charge on any atom is -0.481 e. The van der Waals surface area contributed by atoms with E-state index in [0.717, 1.165) is 0 Å². The molecule has 0 saturated carbocycles. The van der Waals surface area contributed by atoms with E-state index >= 15 is 0 Å². The zero-order valence-electron chi connectivity index (χ0n) is 21.6. The zero-order valence-corrected chi connectivity index (χ0v) is 21.6. The fourth-order valence-corrected chi connectivity index (χ4v) is 3.41. The minimum absolute atomic E-state index is 0.0328. The number of nitro groups is 1. The lowest BCUT2D eigenvalue weighted by Gasteiger charge is -2.13. The van der Waals surface area contributed by atoms with Crippen LogP contribution in [0, 0.1) is 10.1 Å². The third-order valence-electron chi connectivity index (χ3n) is 5.53. The first-order valence-corrected chi connectivity index (χ1v) is 12.2. The van der Waals surface area contributed by atoms with Crippen molar-refractivity contribution in [3.05, 3.63) is 130 Å². The van der Waals surface area contributed by atoms with Crippen molar-refractivity contribution in [2.45, 2.75) is 13.0 Å². The summed E-state index contributed by atoms with van der Waals surface area (Å²) < 4.78 is 16.5. The summed E-state index contributed by atoms with van der Waals surface area (Å²) in [6, 6.07) is 26.3. The van der Waals surface area contributed by atoms with E-state index in [1.165, 1.54) is 55.6 Å². The molecule has 0 bridgehead atoms. The monoisotopic (exact) mass is 553 g/mol. The van der Waals surface area contributed by atoms with Crippen LogP contribution in [0.5, 0.6) is 17.2 Å². The van der Waals surface area contributed by atoms with Crippen molar-refractivity contribution < 1.29 is 33.5 Å². The van der Waals surface area contributed by atoms with Crippen LogP contribution in [-0.2, 0) is 4.79 Å². The highest BCUT2D eigenvalue weighted by molar-refractivity contribution is 5.94. The number of hydrogen-bond donors (Lipinski definition) is 1. The maximum atomic E-state index is 12.7. The maximum absolute atomic E-state index is 12.7. The molecule has 4 aromatic rings. The molecule has 0 aromatic heterocycles. The number of non-ortho nitro benzene ring substituents is 1. The van der Waals surface area contributed by atoms with Crippen molar-refractivity contribution >= 4 is 29.7 Å². The predicted octanol–water partition coefficient (Wildman–Crippen LogP) is 4.95. The number of esters is 2. The number of carbonyl (C=O) groups is 3. The van der Waals surface area contributed by atoms with Crippen molar-refractivity contribution in [2.24, 2.45) is 5.10 Å². The molecule has 0 aliphatic carbocycles. The molecule has 206 valence electrons. The minimum atomic E-state index is -0.983. The summed E-state index contributed by atoms with van der Waals surface area (Å²) in [5.74, 6) is -1.43. The molecule has 0 fully saturated rings. The molecule has 0 radical (unpaired) electrons. The molecule has 11 heteroatoms. The summed E-state index contributed by atoms with van der Waals surface area (Å²) in [5, 5.41) is 14.7. The number of benzene rings is 4. The average Bonchev–Trinajstić information content (AvgIpc) is 2.99. The molecule has 1 atom stereocenters. The normalized spacial score (nSPS) is 11.3. The second-order valence-corrected chi connectivity index (χ2v) is 8.46. The lowest BCUT2D eigenvalue weighted by Crippen LogP contribution is -2.33. The molecule has 1 amide bonds. The lowest BCUT2D eigenvalue weighted by molar-refractivity contribution is -0.384. The number of carbonyl (C=O) groups excluding carboxylic acids is 3. The maximum Gasteiger partial charge on any atom is 0.343 e. The summed E-state index contributed by atoms with van der Waals surface area (Å²) in [6.45, 7) is 1.48. The summed E-state index contributed by atoms with van der Waals surface area (Å²) >= 11 is 0. The molecule has 41 heavy (non-hydrogen) atoms. The van der Waals surface area contributed by atoms with Crippen LogP contribution in [0.3, 0.4) is 0 Å². The first-order chi connectivity index (χ1) is 19.8. The SMILES string of the molecule is C[C@@H](Oc1ccc([N+](=O)[O-])cc1)C(=O)N/N=C\c1ccc(OC(=O)c2ccccc2)cc1OC(=O)c1ccccc1. The van der Waals surface area contributed by atoms with E-state index in [9.17, 15) is 24.5 Å². The number of ether oxygens (including phenoxy) is 3. The summed E-state index contributed by atoms with van der Waals surface area (Å²) in [7, 11) is 0. The molecule has 0 spiro atoms. The standard InChI is InChI=1S/C30H23N3O8/c1-20(39-25-16-13-24(14-17-25)33(37)38)28(34)32-31-19-23-12-15-26(40-29(35)21-8-4-2-5-9-21)18-27(23)41-30(36)22-10-6-3-7-11-22/h2-20H,1H3,(H,32,34)/b31-19-/t20-/m1/s1. The van der Waals surface area contributed by atoms with Gasteiger partial charge in [-0.1, -0.05) is 36.4 Å². The first-order valence-electron chi connectivity index (χ1n) is 12.2. The first kappa shape index (κ1) is 28.2. The Hall–Kier alpha value is -5.84. The number of amides is 1. The largest absolute Gasteiger partial charge is 0.481 e. The molecule has 0 heterocycles. The molecule has 0 saturated heterocycles. The molecule has 4 aromatic carbocycles. The molecule has 0 aliphatic heterocycles. The summed E-state index contributed by atoms with van der Waals surface area (Å²) in [4.78, 5) is 47.9. The average molecular weight is 554 g/mol. The van der Waals surface area contributed by atoms with Gasteiger partial charge in [0.15, 0.2) is 6.10 Å². The van der Waals surface area contributed by atoms with Gasteiger partial charge in [-0.25, -0.2) is 15.0 Å². The molecular formula is C30H23N3O8. The second-order valence-electron chi connectivity index (χ2n) is 8.46. The Bertz CT molecular complexity index is 1570. The van der Waals surface area contributed by atoms with Gasteiger partial charge in [-0.2, -0.15) is 5.10 Å². The molecule has 0 unspecified atom stereocenters. The molecule has 1 N–H and O–H groups in total. The van der Waals surface area contributed by atoms with E-state index in [4.69, 9.17) is 14.2 Å². The molecule has 0 aliphatic rings. The van der Waals surface area contributed by atoms with Crippen LogP contribution < -0.4 is 19.6 Å². The van der Waals surface area contributed by atoms with Crippen molar-refractivity contribution in [1.82, 2.24) is 5.43 Å². The van der Waals surface area contributed by atoms with Gasteiger partial charge in [0.25, 0.3) is 11.6 Å². The molecule has 4 rings (SSSR count). The molecular weight excluding hydrogens is 530 g/mol. The topological polar surface area (TPSA) is 146 Å². The van der Waals surface area contributed by atoms with Crippen molar-refractivity contribution in [3.63, 3.8) is 0 Å². The summed E-state index contributed by atoms with van der Waals surface area (Å²) in [5.41, 5.74) is 3.17. The second kappa shape index (κ2) is 13.3. The van der Waals surface area contributed by atoms with Gasteiger partial charge >= 0.3 is 11.9 Å². The third kappa shape index (κ3) is 7.83. The number of nitrogens with one attached hydrogen (secondary N) is 1. The van der Waals surface area contributed by atoms with Gasteiger partial charge in [0.05, 0.1) is 22.3 Å². The highest BCUT2D eigenvalue weighted by atomic mass is 16.6. The van der Waals surface area contributed by atoms with Crippen LogP contribution in [0.4, 0.5) is 5.69 Å². The Balaban J connectivity index is 1.47. The fourth-order valence-electron chi connectivity index (χ4n) is 3.41. The Morgan fingerprint density at radius 1 is 0.805 bits per heavy atom. The van der Waals surface area contributed by atoms with Gasteiger partial charge in [-0.15, -0.1) is 0 Å². The Morgan fingerprint density at radius 2 is 1.37 bits per heavy atom. The van der Waals surface area contributed by atoms with Crippen molar-refractivity contribution in [2.75, 3.05) is 0 Å². The van der Waals surface area contributed by atoms with Crippen molar-refractivity contribution in [3.8, 4) is 17.2 Å². The molecule has 11 nitrogen and oxygen atoms in total. The quantitative estimate of drug-likeness (QED) is 0.0954. The highest BCUT2D eigenvalue weighted by Crippen LogP contribution is 2.26. The van der Waals surface area contributed by atoms with E-state index in [1.54, 1.807) is 60.7 Å². The van der Waals surface area contributed by atoms with Crippen LogP contribution in [0.15, 0.2) is 108 Å². The zero-order chi connectivity index (χ0) is 29.2. The Labute approximate surface area is 234 Å². The van der Waals surface area contributed by atoms with E-state index in [0.29, 0.717) is 16.7 Å². The van der Waals surface area contributed by atoms with Crippen LogP contribution in [0.25, 0.3) is 0 Å². The van der Waals surface area contributed by atoms with Crippen molar-refractivity contribution in [1.29, 1.82) is 0 Å². The van der Waals surface area contributed by atoms with Crippen LogP contribution in [-0.4, -0.2) is 35.1 Å². The number of hydrogen-bond acceptors (Lipinski definition) is 9. The van der Waals surface area contributed by atoms with Crippen LogP contribution >= 0.6 is 0 Å².